The molecular weight excluding hydrogens is 566 g/mol. The molecule has 0 aliphatic heterocycles. The number of nitrogens with zero attached hydrogens (tertiary/aromatic N) is 2. The lowest BCUT2D eigenvalue weighted by molar-refractivity contribution is -0.121. The lowest BCUT2D eigenvalue weighted by Gasteiger charge is -2.38. The van der Waals surface area contributed by atoms with Gasteiger partial charge < -0.3 is 15.4 Å². The van der Waals surface area contributed by atoms with Crippen LogP contribution in [0.5, 0.6) is 0 Å². The van der Waals surface area contributed by atoms with Gasteiger partial charge in [-0.25, -0.2) is 4.98 Å². The highest BCUT2D eigenvalue weighted by molar-refractivity contribution is 6.26. The lowest BCUT2D eigenvalue weighted by atomic mass is 9.75. The highest BCUT2D eigenvalue weighted by Crippen LogP contribution is 2.46. The van der Waals surface area contributed by atoms with E-state index in [1.807, 2.05) is 105 Å². The van der Waals surface area contributed by atoms with E-state index in [0.29, 0.717) is 11.3 Å². The number of imidazole rings is 1. The molecule has 0 fully saturated rings. The van der Waals surface area contributed by atoms with Gasteiger partial charge in [0.05, 0.1) is 22.8 Å². The summed E-state index contributed by atoms with van der Waals surface area (Å²) in [6.45, 7) is 5.78. The molecule has 1 aliphatic rings. The smallest absolute Gasteiger partial charge is 0.226 e. The van der Waals surface area contributed by atoms with Crippen LogP contribution in [-0.2, 0) is 20.8 Å². The third-order valence-corrected chi connectivity index (χ3v) is 9.59. The van der Waals surface area contributed by atoms with Gasteiger partial charge in [0.25, 0.3) is 0 Å². The van der Waals surface area contributed by atoms with Crippen LogP contribution in [0.3, 0.4) is 0 Å². The van der Waals surface area contributed by atoms with Crippen molar-refractivity contribution < 1.29 is 9.90 Å². The molecule has 5 nitrogen and oxygen atoms in total. The number of benzene rings is 4. The summed E-state index contributed by atoms with van der Waals surface area (Å²) in [7, 11) is 0. The third kappa shape index (κ3) is 4.59. The minimum atomic E-state index is -1.42. The molecule has 0 bridgehead atoms. The number of alkyl halides is 1. The van der Waals surface area contributed by atoms with Crippen molar-refractivity contribution in [2.75, 3.05) is 0 Å². The molecule has 222 valence electrons. The predicted octanol–water partition coefficient (Wildman–Crippen LogP) is 7.20. The van der Waals surface area contributed by atoms with Crippen molar-refractivity contribution in [3.05, 3.63) is 167 Å². The van der Waals surface area contributed by atoms with Crippen LogP contribution in [0.4, 0.5) is 0 Å². The van der Waals surface area contributed by atoms with E-state index in [0.717, 1.165) is 27.8 Å². The summed E-state index contributed by atoms with van der Waals surface area (Å²) in [5.41, 5.74) is 9.53. The summed E-state index contributed by atoms with van der Waals surface area (Å²) in [5.74, 6) is -1.34. The molecule has 0 radical (unpaired) electrons. The molecule has 4 aromatic carbocycles. The van der Waals surface area contributed by atoms with Crippen molar-refractivity contribution in [2.45, 2.75) is 36.8 Å². The normalized spacial score (nSPS) is 19.4. The predicted molar refractivity (Wildman–Crippen MR) is 176 cm³/mol. The van der Waals surface area contributed by atoms with Crippen LogP contribution in [0.2, 0.25) is 0 Å². The van der Waals surface area contributed by atoms with Gasteiger partial charge in [-0.3, -0.25) is 4.79 Å². The van der Waals surface area contributed by atoms with E-state index in [1.54, 1.807) is 13.0 Å². The largest absolute Gasteiger partial charge is 0.378 e. The van der Waals surface area contributed by atoms with Gasteiger partial charge in [-0.05, 0) is 52.3 Å². The summed E-state index contributed by atoms with van der Waals surface area (Å²) in [6.07, 6.45) is 7.40. The molecule has 3 unspecified atom stereocenters. The molecule has 1 heterocycles. The van der Waals surface area contributed by atoms with Gasteiger partial charge in [-0.15, -0.1) is 11.6 Å². The van der Waals surface area contributed by atoms with Crippen LogP contribution in [0.15, 0.2) is 128 Å². The molecule has 3 N–H and O–H groups in total. The fourth-order valence-corrected chi connectivity index (χ4v) is 7.11. The molecule has 1 amide bonds. The van der Waals surface area contributed by atoms with Crippen LogP contribution in [0.1, 0.15) is 59.8 Å². The Morgan fingerprint density at radius 2 is 1.41 bits per heavy atom. The van der Waals surface area contributed by atoms with Crippen molar-refractivity contribution in [3.8, 4) is 0 Å². The van der Waals surface area contributed by atoms with Gasteiger partial charge in [0.15, 0.2) is 0 Å². The Morgan fingerprint density at radius 1 is 0.886 bits per heavy atom. The number of fused-ring (bicyclic) bond motifs is 1. The van der Waals surface area contributed by atoms with Gasteiger partial charge in [-0.2, -0.15) is 0 Å². The van der Waals surface area contributed by atoms with Gasteiger partial charge in [-0.1, -0.05) is 129 Å². The number of carbonyl (C=O) groups is 1. The Morgan fingerprint density at radius 3 is 1.89 bits per heavy atom. The molecule has 6 heteroatoms. The number of halogens is 1. The second-order valence-corrected chi connectivity index (χ2v) is 12.8. The minimum absolute atomic E-state index is 0.225. The van der Waals surface area contributed by atoms with E-state index in [4.69, 9.17) is 22.3 Å². The van der Waals surface area contributed by atoms with Crippen LogP contribution in [-0.4, -0.2) is 20.6 Å². The number of primary amides is 1. The van der Waals surface area contributed by atoms with E-state index < -0.39 is 27.8 Å². The molecule has 1 aliphatic carbocycles. The quantitative estimate of drug-likeness (QED) is 0.146. The number of carbonyl (C=O) groups excluding carboxylic acids is 1. The average Bonchev–Trinajstić information content (AvgIpc) is 3.53. The maximum absolute atomic E-state index is 12.6. The molecule has 5 aromatic rings. The van der Waals surface area contributed by atoms with E-state index in [1.165, 1.54) is 0 Å². The average molecular weight is 602 g/mol. The first-order valence-corrected chi connectivity index (χ1v) is 15.2. The van der Waals surface area contributed by atoms with Crippen LogP contribution >= 0.6 is 11.6 Å². The number of hydrogen-bond donors (Lipinski definition) is 2. The third-order valence-electron chi connectivity index (χ3n) is 9.15. The van der Waals surface area contributed by atoms with Crippen molar-refractivity contribution in [1.29, 1.82) is 0 Å². The minimum Gasteiger partial charge on any atom is -0.378 e. The first-order valence-electron chi connectivity index (χ1n) is 14.9. The van der Waals surface area contributed by atoms with Gasteiger partial charge in [0.1, 0.15) is 11.1 Å². The standard InChI is InChI=1S/C38H36ClN3O2/c1-26(2)38(44,31-20-22-32-27(23-31)19-21-33(35(40)43)36(32,3)39)34-24-42(25-41-34)37(28-13-7-4-8-14-28,29-15-9-5-10-16-29)30-17-11-6-12-18-30/h4-26,33,44H,1-3H3,(H2,40,43). The van der Waals surface area contributed by atoms with E-state index in [2.05, 4.69) is 41.0 Å². The SMILES string of the molecule is CC(C)C(O)(c1ccc2c(c1)C=CC(C(N)=O)C2(C)Cl)c1cn(C(c2ccccc2)(c2ccccc2)c2ccccc2)cn1. The first kappa shape index (κ1) is 29.6. The Bertz CT molecular complexity index is 1720. The van der Waals surface area contributed by atoms with E-state index >= 15 is 0 Å². The van der Waals surface area contributed by atoms with Gasteiger partial charge in [0, 0.05) is 6.20 Å². The second kappa shape index (κ2) is 11.2. The highest BCUT2D eigenvalue weighted by atomic mass is 35.5. The van der Waals surface area contributed by atoms with E-state index in [-0.39, 0.29) is 5.92 Å². The summed E-state index contributed by atoms with van der Waals surface area (Å²) in [5, 5.41) is 12.6. The van der Waals surface area contributed by atoms with Crippen molar-refractivity contribution in [2.24, 2.45) is 17.6 Å². The number of hydrogen-bond acceptors (Lipinski definition) is 3. The van der Waals surface area contributed by atoms with Crippen molar-refractivity contribution in [1.82, 2.24) is 9.55 Å². The first-order chi connectivity index (χ1) is 21.1. The monoisotopic (exact) mass is 601 g/mol. The molecule has 3 atom stereocenters. The zero-order valence-corrected chi connectivity index (χ0v) is 25.8. The maximum Gasteiger partial charge on any atom is 0.226 e. The van der Waals surface area contributed by atoms with Crippen molar-refractivity contribution in [3.63, 3.8) is 0 Å². The fraction of sp³-hybridized carbons (Fsp3) is 0.211. The Hall–Kier alpha value is -4.45. The molecule has 0 saturated carbocycles. The van der Waals surface area contributed by atoms with Crippen LogP contribution in [0, 0.1) is 11.8 Å². The summed E-state index contributed by atoms with van der Waals surface area (Å²) in [4.78, 5) is 16.0. The number of aliphatic hydroxyl groups is 1. The van der Waals surface area contributed by atoms with Crippen molar-refractivity contribution >= 4 is 23.6 Å². The molecule has 0 saturated heterocycles. The zero-order chi connectivity index (χ0) is 31.1. The highest BCUT2D eigenvalue weighted by Gasteiger charge is 2.44. The maximum atomic E-state index is 12.6. The Labute approximate surface area is 263 Å². The number of aromatic nitrogens is 2. The zero-order valence-electron chi connectivity index (χ0n) is 25.1. The summed E-state index contributed by atoms with van der Waals surface area (Å²) < 4.78 is 2.11. The second-order valence-electron chi connectivity index (χ2n) is 12.0. The topological polar surface area (TPSA) is 81.1 Å². The summed E-state index contributed by atoms with van der Waals surface area (Å²) >= 11 is 6.91. The number of rotatable bonds is 8. The molecule has 6 rings (SSSR count). The Kier molecular flexibility index (Phi) is 7.56. The number of nitrogens with two attached hydrogens (primary N) is 1. The lowest BCUT2D eigenvalue weighted by Crippen LogP contribution is -2.39. The van der Waals surface area contributed by atoms with Gasteiger partial charge in [0.2, 0.25) is 5.91 Å². The number of amides is 1. The molecular formula is C38H36ClN3O2. The van der Waals surface area contributed by atoms with E-state index in [9.17, 15) is 9.90 Å². The Balaban J connectivity index is 1.55. The molecule has 44 heavy (non-hydrogen) atoms. The molecule has 1 aromatic heterocycles. The summed E-state index contributed by atoms with van der Waals surface area (Å²) in [6, 6.07) is 36.8. The van der Waals surface area contributed by atoms with Crippen LogP contribution < -0.4 is 5.73 Å². The molecule has 0 spiro atoms. The van der Waals surface area contributed by atoms with Gasteiger partial charge >= 0.3 is 0 Å². The van der Waals surface area contributed by atoms with Crippen LogP contribution in [0.25, 0.3) is 6.08 Å². The fourth-order valence-electron chi connectivity index (χ4n) is 6.76.